The molecule has 1 amide bonds. The lowest BCUT2D eigenvalue weighted by Crippen LogP contribution is -2.30. The van der Waals surface area contributed by atoms with Crippen molar-refractivity contribution in [2.45, 2.75) is 26.4 Å². The Hall–Kier alpha value is -2.40. The molecule has 126 valence electrons. The molecule has 0 aromatic heterocycles. The normalized spacial score (nSPS) is 11.7. The number of amides is 1. The molecule has 2 aromatic rings. The van der Waals surface area contributed by atoms with Crippen molar-refractivity contribution in [1.82, 2.24) is 0 Å². The van der Waals surface area contributed by atoms with Gasteiger partial charge in [0, 0.05) is 5.69 Å². The number of esters is 1. The predicted molar refractivity (Wildman–Crippen MR) is 90.7 cm³/mol. The van der Waals surface area contributed by atoms with Gasteiger partial charge in [0.2, 0.25) is 0 Å². The van der Waals surface area contributed by atoms with E-state index >= 15 is 0 Å². The van der Waals surface area contributed by atoms with E-state index in [1.165, 1.54) is 13.0 Å². The highest BCUT2D eigenvalue weighted by molar-refractivity contribution is 6.33. The Labute approximate surface area is 144 Å². The van der Waals surface area contributed by atoms with Crippen LogP contribution >= 0.6 is 11.6 Å². The molecule has 1 N–H and O–H groups in total. The molecule has 0 saturated carbocycles. The lowest BCUT2D eigenvalue weighted by Gasteiger charge is -2.14. The number of carbonyl (C=O) groups is 2. The summed E-state index contributed by atoms with van der Waals surface area (Å²) in [5.41, 5.74) is 1.77. The van der Waals surface area contributed by atoms with Crippen LogP contribution in [0.1, 0.15) is 29.8 Å². The SMILES string of the molecule is CCc1ccc(NC(=O)[C@@H](C)OC(=O)c2ccc(F)cc2Cl)cc1. The Morgan fingerprint density at radius 3 is 2.46 bits per heavy atom. The Bertz CT molecular complexity index is 746. The lowest BCUT2D eigenvalue weighted by atomic mass is 10.1. The molecule has 0 fully saturated rings. The van der Waals surface area contributed by atoms with E-state index < -0.39 is 23.8 Å². The molecular weight excluding hydrogens is 333 g/mol. The van der Waals surface area contributed by atoms with Crippen molar-refractivity contribution < 1.29 is 18.7 Å². The molecule has 0 heterocycles. The Morgan fingerprint density at radius 2 is 1.88 bits per heavy atom. The number of nitrogens with one attached hydrogen (secondary N) is 1. The van der Waals surface area contributed by atoms with Crippen molar-refractivity contribution in [3.05, 3.63) is 64.4 Å². The van der Waals surface area contributed by atoms with Gasteiger partial charge in [0.25, 0.3) is 5.91 Å². The van der Waals surface area contributed by atoms with Crippen molar-refractivity contribution in [2.75, 3.05) is 5.32 Å². The Balaban J connectivity index is 1.98. The number of carbonyl (C=O) groups excluding carboxylic acids is 2. The molecule has 24 heavy (non-hydrogen) atoms. The summed E-state index contributed by atoms with van der Waals surface area (Å²) >= 11 is 5.80. The summed E-state index contributed by atoms with van der Waals surface area (Å²) in [5, 5.41) is 2.60. The molecule has 0 spiro atoms. The topological polar surface area (TPSA) is 55.4 Å². The van der Waals surface area contributed by atoms with Gasteiger partial charge in [-0.2, -0.15) is 0 Å². The summed E-state index contributed by atoms with van der Waals surface area (Å²) in [6.07, 6.45) is -0.120. The molecule has 0 aliphatic heterocycles. The molecule has 1 atom stereocenters. The van der Waals surface area contributed by atoms with Gasteiger partial charge in [-0.25, -0.2) is 9.18 Å². The third kappa shape index (κ3) is 4.55. The van der Waals surface area contributed by atoms with Crippen LogP contribution in [-0.4, -0.2) is 18.0 Å². The number of anilines is 1. The second kappa shape index (κ2) is 7.93. The number of rotatable bonds is 5. The molecule has 0 saturated heterocycles. The van der Waals surface area contributed by atoms with Crippen molar-refractivity contribution in [1.29, 1.82) is 0 Å². The van der Waals surface area contributed by atoms with Crippen LogP contribution in [-0.2, 0) is 16.0 Å². The van der Waals surface area contributed by atoms with E-state index in [-0.39, 0.29) is 10.6 Å². The molecule has 0 aliphatic rings. The number of hydrogen-bond donors (Lipinski definition) is 1. The quantitative estimate of drug-likeness (QED) is 0.822. The van der Waals surface area contributed by atoms with E-state index in [4.69, 9.17) is 16.3 Å². The molecule has 0 radical (unpaired) electrons. The lowest BCUT2D eigenvalue weighted by molar-refractivity contribution is -0.123. The van der Waals surface area contributed by atoms with Crippen LogP contribution in [0.4, 0.5) is 10.1 Å². The summed E-state index contributed by atoms with van der Waals surface area (Å²) in [6, 6.07) is 10.7. The molecule has 0 unspecified atom stereocenters. The van der Waals surface area contributed by atoms with Gasteiger partial charge in [0.15, 0.2) is 6.10 Å². The minimum Gasteiger partial charge on any atom is -0.449 e. The molecule has 2 aromatic carbocycles. The van der Waals surface area contributed by atoms with Gasteiger partial charge in [-0.1, -0.05) is 30.7 Å². The maximum absolute atomic E-state index is 13.0. The summed E-state index contributed by atoms with van der Waals surface area (Å²) < 4.78 is 18.1. The van der Waals surface area contributed by atoms with Gasteiger partial charge in [-0.3, -0.25) is 4.79 Å². The smallest absolute Gasteiger partial charge is 0.340 e. The van der Waals surface area contributed by atoms with Gasteiger partial charge in [-0.15, -0.1) is 0 Å². The maximum Gasteiger partial charge on any atom is 0.340 e. The number of hydrogen-bond acceptors (Lipinski definition) is 3. The molecule has 4 nitrogen and oxygen atoms in total. The maximum atomic E-state index is 13.0. The summed E-state index contributed by atoms with van der Waals surface area (Å²) in [5.74, 6) is -1.81. The Kier molecular flexibility index (Phi) is 5.93. The minimum absolute atomic E-state index is 0.00464. The van der Waals surface area contributed by atoms with Crippen molar-refractivity contribution in [3.8, 4) is 0 Å². The average Bonchev–Trinajstić information content (AvgIpc) is 2.55. The highest BCUT2D eigenvalue weighted by atomic mass is 35.5. The largest absolute Gasteiger partial charge is 0.449 e. The molecule has 0 aliphatic carbocycles. The van der Waals surface area contributed by atoms with Crippen LogP contribution in [0.5, 0.6) is 0 Å². The van der Waals surface area contributed by atoms with Crippen LogP contribution in [0.25, 0.3) is 0 Å². The molecule has 2 rings (SSSR count). The fraction of sp³-hybridized carbons (Fsp3) is 0.222. The number of ether oxygens (including phenoxy) is 1. The molecule has 6 heteroatoms. The fourth-order valence-electron chi connectivity index (χ4n) is 2.00. The van der Waals surface area contributed by atoms with Crippen molar-refractivity contribution in [3.63, 3.8) is 0 Å². The van der Waals surface area contributed by atoms with Crippen LogP contribution in [0.2, 0.25) is 5.02 Å². The predicted octanol–water partition coefficient (Wildman–Crippen LogP) is 4.23. The summed E-state index contributed by atoms with van der Waals surface area (Å²) in [7, 11) is 0. The van der Waals surface area contributed by atoms with Gasteiger partial charge < -0.3 is 10.1 Å². The summed E-state index contributed by atoms with van der Waals surface area (Å²) in [6.45, 7) is 3.49. The zero-order valence-corrected chi connectivity index (χ0v) is 14.1. The first-order valence-corrected chi connectivity index (χ1v) is 7.84. The van der Waals surface area contributed by atoms with Crippen LogP contribution < -0.4 is 5.32 Å². The zero-order chi connectivity index (χ0) is 17.7. The molecular formula is C18H17ClFNO3. The van der Waals surface area contributed by atoms with Crippen LogP contribution in [0, 0.1) is 5.82 Å². The zero-order valence-electron chi connectivity index (χ0n) is 13.3. The van der Waals surface area contributed by atoms with Gasteiger partial charge in [0.1, 0.15) is 5.82 Å². The standard InChI is InChI=1S/C18H17ClFNO3/c1-3-12-4-7-14(8-5-12)21-17(22)11(2)24-18(23)15-9-6-13(20)10-16(15)19/h4-11H,3H2,1-2H3,(H,21,22)/t11-/m1/s1. The van der Waals surface area contributed by atoms with Gasteiger partial charge in [0.05, 0.1) is 10.6 Å². The van der Waals surface area contributed by atoms with Crippen LogP contribution in [0.15, 0.2) is 42.5 Å². The van der Waals surface area contributed by atoms with Gasteiger partial charge in [-0.05, 0) is 49.2 Å². The first-order valence-electron chi connectivity index (χ1n) is 7.46. The third-order valence-electron chi connectivity index (χ3n) is 3.43. The van der Waals surface area contributed by atoms with Crippen LogP contribution in [0.3, 0.4) is 0 Å². The monoisotopic (exact) mass is 349 g/mol. The van der Waals surface area contributed by atoms with Gasteiger partial charge >= 0.3 is 5.97 Å². The highest BCUT2D eigenvalue weighted by Gasteiger charge is 2.21. The number of halogens is 2. The second-order valence-corrected chi connectivity index (χ2v) is 5.62. The van der Waals surface area contributed by atoms with E-state index in [2.05, 4.69) is 5.32 Å². The number of aryl methyl sites for hydroxylation is 1. The van der Waals surface area contributed by atoms with E-state index in [0.29, 0.717) is 5.69 Å². The summed E-state index contributed by atoms with van der Waals surface area (Å²) in [4.78, 5) is 24.1. The van der Waals surface area contributed by atoms with Crippen molar-refractivity contribution >= 4 is 29.2 Å². The molecule has 0 bridgehead atoms. The third-order valence-corrected chi connectivity index (χ3v) is 3.75. The van der Waals surface area contributed by atoms with E-state index in [1.54, 1.807) is 12.1 Å². The second-order valence-electron chi connectivity index (χ2n) is 5.21. The average molecular weight is 350 g/mol. The minimum atomic E-state index is -1.02. The fourth-order valence-corrected chi connectivity index (χ4v) is 2.24. The first kappa shape index (κ1) is 17.9. The van der Waals surface area contributed by atoms with E-state index in [9.17, 15) is 14.0 Å². The highest BCUT2D eigenvalue weighted by Crippen LogP contribution is 2.19. The first-order chi connectivity index (χ1) is 11.4. The number of benzene rings is 2. The Morgan fingerprint density at radius 1 is 1.21 bits per heavy atom. The van der Waals surface area contributed by atoms with Crippen molar-refractivity contribution in [2.24, 2.45) is 0 Å². The van der Waals surface area contributed by atoms with E-state index in [1.807, 2.05) is 19.1 Å². The van der Waals surface area contributed by atoms with E-state index in [0.717, 1.165) is 24.1 Å².